The summed E-state index contributed by atoms with van der Waals surface area (Å²) in [5, 5.41) is 3.41. The van der Waals surface area contributed by atoms with Crippen LogP contribution in [0.2, 0.25) is 0 Å². The first-order valence-electron chi connectivity index (χ1n) is 7.46. The SMILES string of the molecule is Cc1ccc(F)cc1[C@H](C1CCC1)N1CCNCC1.Cl.Cl. The van der Waals surface area contributed by atoms with Crippen LogP contribution >= 0.6 is 24.8 Å². The summed E-state index contributed by atoms with van der Waals surface area (Å²) in [7, 11) is 0. The summed E-state index contributed by atoms with van der Waals surface area (Å²) in [6.45, 7) is 6.38. The van der Waals surface area contributed by atoms with E-state index in [9.17, 15) is 4.39 Å². The second kappa shape index (κ2) is 8.33. The van der Waals surface area contributed by atoms with Crippen molar-refractivity contribution in [3.05, 3.63) is 35.1 Å². The van der Waals surface area contributed by atoms with Gasteiger partial charge in [0.2, 0.25) is 0 Å². The van der Waals surface area contributed by atoms with Crippen LogP contribution in [0.3, 0.4) is 0 Å². The molecule has 1 aromatic rings. The van der Waals surface area contributed by atoms with Crippen molar-refractivity contribution in [3.8, 4) is 0 Å². The van der Waals surface area contributed by atoms with Crippen molar-refractivity contribution >= 4 is 24.8 Å². The molecule has 2 aliphatic rings. The molecule has 0 bridgehead atoms. The monoisotopic (exact) mass is 334 g/mol. The van der Waals surface area contributed by atoms with Gasteiger partial charge >= 0.3 is 0 Å². The van der Waals surface area contributed by atoms with E-state index in [1.165, 1.54) is 30.4 Å². The molecule has 2 nitrogen and oxygen atoms in total. The summed E-state index contributed by atoms with van der Waals surface area (Å²) in [4.78, 5) is 2.56. The van der Waals surface area contributed by atoms with Crippen molar-refractivity contribution in [2.45, 2.75) is 32.2 Å². The molecule has 0 radical (unpaired) electrons. The molecule has 21 heavy (non-hydrogen) atoms. The number of piperazine rings is 1. The molecule has 5 heteroatoms. The number of benzene rings is 1. The summed E-state index contributed by atoms with van der Waals surface area (Å²) in [5.74, 6) is 0.624. The van der Waals surface area contributed by atoms with E-state index in [4.69, 9.17) is 0 Å². The number of nitrogens with zero attached hydrogens (tertiary/aromatic N) is 1. The van der Waals surface area contributed by atoms with Crippen LogP contribution in [0, 0.1) is 18.7 Å². The topological polar surface area (TPSA) is 15.3 Å². The third-order valence-corrected chi connectivity index (χ3v) is 4.70. The van der Waals surface area contributed by atoms with E-state index in [-0.39, 0.29) is 30.6 Å². The van der Waals surface area contributed by atoms with Gasteiger partial charge in [0.25, 0.3) is 0 Å². The molecule has 1 saturated heterocycles. The lowest BCUT2D eigenvalue weighted by molar-refractivity contribution is 0.0831. The van der Waals surface area contributed by atoms with Gasteiger partial charge in [-0.05, 0) is 48.9 Å². The Morgan fingerprint density at radius 3 is 2.43 bits per heavy atom. The van der Waals surface area contributed by atoms with Crippen LogP contribution in [0.1, 0.15) is 36.4 Å². The van der Waals surface area contributed by atoms with Crippen LogP contribution in [0.15, 0.2) is 18.2 Å². The second-order valence-corrected chi connectivity index (χ2v) is 5.92. The second-order valence-electron chi connectivity index (χ2n) is 5.92. The standard InChI is InChI=1S/C16H23FN2.2ClH/c1-12-5-6-14(17)11-15(12)16(13-3-2-4-13)19-9-7-18-8-10-19;;/h5-6,11,13,16,18H,2-4,7-10H2,1H3;2*1H/t16-;;/m0../s1. The first kappa shape index (κ1) is 18.7. The fourth-order valence-electron chi connectivity index (χ4n) is 3.39. The molecule has 1 atom stereocenters. The van der Waals surface area contributed by atoms with Gasteiger partial charge in [-0.15, -0.1) is 24.8 Å². The number of hydrogen-bond donors (Lipinski definition) is 1. The van der Waals surface area contributed by atoms with Gasteiger partial charge in [-0.25, -0.2) is 4.39 Å². The number of aryl methyl sites for hydroxylation is 1. The van der Waals surface area contributed by atoms with E-state index in [2.05, 4.69) is 17.1 Å². The first-order chi connectivity index (χ1) is 9.25. The smallest absolute Gasteiger partial charge is 0.123 e. The Labute approximate surface area is 139 Å². The zero-order valence-electron chi connectivity index (χ0n) is 12.5. The van der Waals surface area contributed by atoms with Crippen LogP contribution < -0.4 is 5.32 Å². The molecule has 0 unspecified atom stereocenters. The van der Waals surface area contributed by atoms with Crippen molar-refractivity contribution in [1.82, 2.24) is 10.2 Å². The minimum absolute atomic E-state index is 0. The Balaban J connectivity index is 0.00000110. The molecule has 3 rings (SSSR count). The Bertz CT molecular complexity index is 446. The third kappa shape index (κ3) is 4.10. The van der Waals surface area contributed by atoms with Crippen molar-refractivity contribution in [2.24, 2.45) is 5.92 Å². The summed E-state index contributed by atoms with van der Waals surface area (Å²) in [5.41, 5.74) is 2.45. The minimum atomic E-state index is -0.0972. The summed E-state index contributed by atoms with van der Waals surface area (Å²) in [6.07, 6.45) is 3.93. The fraction of sp³-hybridized carbons (Fsp3) is 0.625. The molecule has 1 aliphatic carbocycles. The highest BCUT2D eigenvalue weighted by Gasteiger charge is 2.34. The molecule has 1 heterocycles. The molecular weight excluding hydrogens is 310 g/mol. The fourth-order valence-corrected chi connectivity index (χ4v) is 3.39. The van der Waals surface area contributed by atoms with E-state index in [1.54, 1.807) is 12.1 Å². The van der Waals surface area contributed by atoms with E-state index in [0.29, 0.717) is 6.04 Å². The average Bonchev–Trinajstić information content (AvgIpc) is 2.38. The lowest BCUT2D eigenvalue weighted by Gasteiger charge is -2.43. The maximum Gasteiger partial charge on any atom is 0.123 e. The minimum Gasteiger partial charge on any atom is -0.314 e. The zero-order chi connectivity index (χ0) is 13.2. The highest BCUT2D eigenvalue weighted by molar-refractivity contribution is 5.85. The van der Waals surface area contributed by atoms with Gasteiger partial charge in [0.05, 0.1) is 0 Å². The molecular formula is C16H25Cl2FN2. The zero-order valence-corrected chi connectivity index (χ0v) is 14.1. The van der Waals surface area contributed by atoms with Crippen molar-refractivity contribution < 1.29 is 4.39 Å². The van der Waals surface area contributed by atoms with Gasteiger partial charge in [0, 0.05) is 32.2 Å². The molecule has 1 aromatic carbocycles. The van der Waals surface area contributed by atoms with Crippen molar-refractivity contribution in [3.63, 3.8) is 0 Å². The number of hydrogen-bond acceptors (Lipinski definition) is 2. The number of rotatable bonds is 3. The molecule has 1 N–H and O–H groups in total. The molecule has 0 spiro atoms. The lowest BCUT2D eigenvalue weighted by atomic mass is 9.75. The van der Waals surface area contributed by atoms with Gasteiger partial charge < -0.3 is 5.32 Å². The number of nitrogens with one attached hydrogen (secondary N) is 1. The maximum atomic E-state index is 13.6. The van der Waals surface area contributed by atoms with Crippen LogP contribution in [0.5, 0.6) is 0 Å². The van der Waals surface area contributed by atoms with Crippen molar-refractivity contribution in [1.29, 1.82) is 0 Å². The maximum absolute atomic E-state index is 13.6. The predicted molar refractivity (Wildman–Crippen MR) is 90.2 cm³/mol. The third-order valence-electron chi connectivity index (χ3n) is 4.70. The summed E-state index contributed by atoms with van der Waals surface area (Å²) in [6, 6.07) is 5.69. The van der Waals surface area contributed by atoms with Gasteiger partial charge in [0.15, 0.2) is 0 Å². The van der Waals surface area contributed by atoms with Gasteiger partial charge in [-0.3, -0.25) is 4.90 Å². The van der Waals surface area contributed by atoms with Gasteiger partial charge in [-0.2, -0.15) is 0 Å². The van der Waals surface area contributed by atoms with E-state index in [0.717, 1.165) is 32.1 Å². The molecule has 0 aromatic heterocycles. The quantitative estimate of drug-likeness (QED) is 0.906. The van der Waals surface area contributed by atoms with E-state index >= 15 is 0 Å². The predicted octanol–water partition coefficient (Wildman–Crippen LogP) is 3.72. The Kier molecular flexibility index (Phi) is 7.41. The van der Waals surface area contributed by atoms with E-state index < -0.39 is 0 Å². The molecule has 1 saturated carbocycles. The van der Waals surface area contributed by atoms with Crippen molar-refractivity contribution in [2.75, 3.05) is 26.2 Å². The first-order valence-corrected chi connectivity index (χ1v) is 7.46. The Morgan fingerprint density at radius 1 is 1.19 bits per heavy atom. The molecule has 2 fully saturated rings. The Morgan fingerprint density at radius 2 is 1.86 bits per heavy atom. The molecule has 120 valence electrons. The van der Waals surface area contributed by atoms with Gasteiger partial charge in [-0.1, -0.05) is 12.5 Å². The molecule has 1 aliphatic heterocycles. The van der Waals surface area contributed by atoms with E-state index in [1.807, 2.05) is 6.07 Å². The summed E-state index contributed by atoms with van der Waals surface area (Å²) < 4.78 is 13.6. The van der Waals surface area contributed by atoms with Crippen LogP contribution in [0.4, 0.5) is 4.39 Å². The largest absolute Gasteiger partial charge is 0.314 e. The Hall–Kier alpha value is -0.350. The van der Waals surface area contributed by atoms with Gasteiger partial charge in [0.1, 0.15) is 5.82 Å². The number of halogens is 3. The highest BCUT2D eigenvalue weighted by atomic mass is 35.5. The van der Waals surface area contributed by atoms with Crippen LogP contribution in [-0.2, 0) is 0 Å². The molecule has 0 amide bonds. The normalized spacial score (nSPS) is 20.9. The van der Waals surface area contributed by atoms with Crippen LogP contribution in [-0.4, -0.2) is 31.1 Å². The lowest BCUT2D eigenvalue weighted by Crippen LogP contribution is -2.48. The average molecular weight is 335 g/mol. The summed E-state index contributed by atoms with van der Waals surface area (Å²) >= 11 is 0. The van der Waals surface area contributed by atoms with Crippen LogP contribution in [0.25, 0.3) is 0 Å². The highest BCUT2D eigenvalue weighted by Crippen LogP contribution is 2.42.